The maximum atomic E-state index is 13.0. The number of hydrogen-bond donors (Lipinski definition) is 0. The highest BCUT2D eigenvalue weighted by Crippen LogP contribution is 2.34. The summed E-state index contributed by atoms with van der Waals surface area (Å²) in [6, 6.07) is 11.2. The van der Waals surface area contributed by atoms with Gasteiger partial charge in [-0.05, 0) is 42.7 Å². The van der Waals surface area contributed by atoms with Gasteiger partial charge in [0, 0.05) is 19.0 Å². The van der Waals surface area contributed by atoms with Crippen LogP contribution in [0.15, 0.2) is 42.5 Å². The summed E-state index contributed by atoms with van der Waals surface area (Å²) in [6.45, 7) is 5.06. The molecule has 6 heteroatoms. The number of para-hydroxylation sites is 1. The molecule has 0 saturated carbocycles. The van der Waals surface area contributed by atoms with Gasteiger partial charge in [0.2, 0.25) is 5.91 Å². The van der Waals surface area contributed by atoms with Gasteiger partial charge >= 0.3 is 0 Å². The summed E-state index contributed by atoms with van der Waals surface area (Å²) < 4.78 is 23.6. The van der Waals surface area contributed by atoms with E-state index in [0.717, 1.165) is 5.56 Å². The highest BCUT2D eigenvalue weighted by Gasteiger charge is 2.30. The summed E-state index contributed by atoms with van der Waals surface area (Å²) in [4.78, 5) is 27.2. The van der Waals surface area contributed by atoms with Gasteiger partial charge in [0.1, 0.15) is 5.82 Å². The molecule has 0 radical (unpaired) electrons. The lowest BCUT2D eigenvalue weighted by atomic mass is 9.88. The van der Waals surface area contributed by atoms with E-state index >= 15 is 0 Å². The number of nitrogens with zero attached hydrogens (tertiary/aromatic N) is 1. The Hall–Kier alpha value is -2.89. The molecule has 162 valence electrons. The van der Waals surface area contributed by atoms with Crippen LogP contribution in [0.25, 0.3) is 0 Å². The van der Waals surface area contributed by atoms with Crippen molar-refractivity contribution in [3.63, 3.8) is 0 Å². The molecule has 2 aromatic rings. The minimum Gasteiger partial charge on any atom is -0.493 e. The van der Waals surface area contributed by atoms with Crippen molar-refractivity contribution < 1.29 is 23.5 Å². The van der Waals surface area contributed by atoms with Crippen molar-refractivity contribution in [2.75, 3.05) is 27.3 Å². The zero-order valence-corrected chi connectivity index (χ0v) is 18.1. The lowest BCUT2D eigenvalue weighted by Gasteiger charge is -2.31. The van der Waals surface area contributed by atoms with Crippen molar-refractivity contribution in [3.05, 3.63) is 59.4 Å². The Morgan fingerprint density at radius 3 is 2.20 bits per heavy atom. The quantitative estimate of drug-likeness (QED) is 0.651. The average molecular weight is 416 g/mol. The second-order valence-corrected chi connectivity index (χ2v) is 6.86. The summed E-state index contributed by atoms with van der Waals surface area (Å²) in [7, 11) is 3.06. The predicted molar refractivity (Wildman–Crippen MR) is 115 cm³/mol. The van der Waals surface area contributed by atoms with E-state index in [-0.39, 0.29) is 29.8 Å². The standard InChI is InChI=1S/C22H24FNO4.C2H6/c1-27-19-5-3-4-18(22(19)28-2)21(26)16-10-12-24(13-11-16)20(25)14-15-6-8-17(23)9-7-15;1-2/h3-9,16H,10-14H2,1-2H3;1-2H3. The Bertz CT molecular complexity index is 843. The van der Waals surface area contributed by atoms with Crippen LogP contribution in [0.1, 0.15) is 42.6 Å². The summed E-state index contributed by atoms with van der Waals surface area (Å²) in [5, 5.41) is 0. The Morgan fingerprint density at radius 2 is 1.63 bits per heavy atom. The zero-order chi connectivity index (χ0) is 22.1. The molecule has 0 bridgehead atoms. The number of ketones is 1. The molecule has 30 heavy (non-hydrogen) atoms. The number of carbonyl (C=O) groups is 2. The van der Waals surface area contributed by atoms with E-state index in [2.05, 4.69) is 0 Å². The van der Waals surface area contributed by atoms with Crippen molar-refractivity contribution in [1.29, 1.82) is 0 Å². The third kappa shape index (κ3) is 5.59. The first-order valence-corrected chi connectivity index (χ1v) is 10.3. The number of ether oxygens (including phenoxy) is 2. The monoisotopic (exact) mass is 415 g/mol. The van der Waals surface area contributed by atoms with Gasteiger partial charge in [0.05, 0.1) is 26.2 Å². The third-order valence-electron chi connectivity index (χ3n) is 5.16. The average Bonchev–Trinajstić information content (AvgIpc) is 2.80. The van der Waals surface area contributed by atoms with Crippen LogP contribution in [0.3, 0.4) is 0 Å². The smallest absolute Gasteiger partial charge is 0.226 e. The van der Waals surface area contributed by atoms with Gasteiger partial charge in [-0.3, -0.25) is 9.59 Å². The van der Waals surface area contributed by atoms with Crippen molar-refractivity contribution >= 4 is 11.7 Å². The number of Topliss-reactive ketones (excluding diaryl/α,β-unsaturated/α-hetero) is 1. The molecule has 5 nitrogen and oxygen atoms in total. The lowest BCUT2D eigenvalue weighted by molar-refractivity contribution is -0.131. The Labute approximate surface area is 177 Å². The first kappa shape index (κ1) is 23.4. The minimum atomic E-state index is -0.316. The van der Waals surface area contributed by atoms with Crippen molar-refractivity contribution in [1.82, 2.24) is 4.90 Å². The SMILES string of the molecule is CC.COc1cccc(C(=O)C2CCN(C(=O)Cc3ccc(F)cc3)CC2)c1OC. The molecular formula is C24H30FNO4. The molecule has 1 amide bonds. The van der Waals surface area contributed by atoms with Crippen LogP contribution in [-0.2, 0) is 11.2 Å². The van der Waals surface area contributed by atoms with Gasteiger partial charge in [-0.2, -0.15) is 0 Å². The van der Waals surface area contributed by atoms with Crippen LogP contribution in [-0.4, -0.2) is 43.9 Å². The summed E-state index contributed by atoms with van der Waals surface area (Å²) in [6.07, 6.45) is 1.45. The fourth-order valence-corrected chi connectivity index (χ4v) is 3.58. The number of carbonyl (C=O) groups excluding carboxylic acids is 2. The molecular weight excluding hydrogens is 385 g/mol. The van der Waals surface area contributed by atoms with Crippen LogP contribution in [0.2, 0.25) is 0 Å². The van der Waals surface area contributed by atoms with E-state index in [1.807, 2.05) is 13.8 Å². The highest BCUT2D eigenvalue weighted by atomic mass is 19.1. The Balaban J connectivity index is 0.00000155. The van der Waals surface area contributed by atoms with E-state index in [4.69, 9.17) is 9.47 Å². The number of piperidine rings is 1. The Morgan fingerprint density at radius 1 is 1.00 bits per heavy atom. The highest BCUT2D eigenvalue weighted by molar-refractivity contribution is 6.01. The van der Waals surface area contributed by atoms with Crippen LogP contribution in [0.4, 0.5) is 4.39 Å². The molecule has 1 aliphatic heterocycles. The third-order valence-corrected chi connectivity index (χ3v) is 5.16. The van der Waals surface area contributed by atoms with Gasteiger partial charge in [-0.15, -0.1) is 0 Å². The van der Waals surface area contributed by atoms with Gasteiger partial charge in [0.25, 0.3) is 0 Å². The number of methoxy groups -OCH3 is 2. The molecule has 0 unspecified atom stereocenters. The van der Waals surface area contributed by atoms with E-state index in [1.54, 1.807) is 35.2 Å². The molecule has 1 saturated heterocycles. The van der Waals surface area contributed by atoms with Crippen molar-refractivity contribution in [3.8, 4) is 11.5 Å². The molecule has 1 aliphatic rings. The minimum absolute atomic E-state index is 0.00327. The first-order valence-electron chi connectivity index (χ1n) is 10.3. The molecule has 0 aromatic heterocycles. The number of hydrogen-bond acceptors (Lipinski definition) is 4. The fourth-order valence-electron chi connectivity index (χ4n) is 3.58. The maximum absolute atomic E-state index is 13.0. The van der Waals surface area contributed by atoms with Gasteiger partial charge in [-0.25, -0.2) is 4.39 Å². The molecule has 3 rings (SSSR count). The second-order valence-electron chi connectivity index (χ2n) is 6.86. The van der Waals surface area contributed by atoms with E-state index in [1.165, 1.54) is 26.4 Å². The predicted octanol–water partition coefficient (Wildman–Crippen LogP) is 4.53. The molecule has 2 aromatic carbocycles. The van der Waals surface area contributed by atoms with Crippen LogP contribution in [0.5, 0.6) is 11.5 Å². The zero-order valence-electron chi connectivity index (χ0n) is 18.1. The number of halogens is 1. The summed E-state index contributed by atoms with van der Waals surface area (Å²) in [5.74, 6) is 0.516. The molecule has 1 fully saturated rings. The van der Waals surface area contributed by atoms with Crippen molar-refractivity contribution in [2.45, 2.75) is 33.1 Å². The molecule has 0 spiro atoms. The number of likely N-dealkylation sites (tertiary alicyclic amines) is 1. The molecule has 0 N–H and O–H groups in total. The Kier molecular flexibility index (Phi) is 8.84. The topological polar surface area (TPSA) is 55.8 Å². The lowest BCUT2D eigenvalue weighted by Crippen LogP contribution is -2.41. The summed E-state index contributed by atoms with van der Waals surface area (Å²) in [5.41, 5.74) is 1.30. The van der Waals surface area contributed by atoms with E-state index in [0.29, 0.717) is 43.0 Å². The number of amides is 1. The first-order chi connectivity index (χ1) is 14.5. The summed E-state index contributed by atoms with van der Waals surface area (Å²) >= 11 is 0. The van der Waals surface area contributed by atoms with Crippen molar-refractivity contribution in [2.24, 2.45) is 5.92 Å². The van der Waals surface area contributed by atoms with E-state index < -0.39 is 0 Å². The maximum Gasteiger partial charge on any atom is 0.226 e. The van der Waals surface area contributed by atoms with Gasteiger partial charge in [0.15, 0.2) is 17.3 Å². The van der Waals surface area contributed by atoms with Crippen LogP contribution >= 0.6 is 0 Å². The number of rotatable bonds is 6. The van der Waals surface area contributed by atoms with Gasteiger partial charge < -0.3 is 14.4 Å². The largest absolute Gasteiger partial charge is 0.493 e. The van der Waals surface area contributed by atoms with Crippen LogP contribution in [0, 0.1) is 11.7 Å². The van der Waals surface area contributed by atoms with E-state index in [9.17, 15) is 14.0 Å². The van der Waals surface area contributed by atoms with Gasteiger partial charge in [-0.1, -0.05) is 32.0 Å². The molecule has 1 heterocycles. The number of benzene rings is 2. The molecule has 0 atom stereocenters. The fraction of sp³-hybridized carbons (Fsp3) is 0.417. The van der Waals surface area contributed by atoms with Crippen LogP contribution < -0.4 is 9.47 Å². The normalized spacial score (nSPS) is 13.8. The second kappa shape index (κ2) is 11.3. The molecule has 0 aliphatic carbocycles.